The highest BCUT2D eigenvalue weighted by atomic mass is 15.2. The molecule has 20 rings (SSSR count). The third-order valence-corrected chi connectivity index (χ3v) is 21.0. The highest BCUT2D eigenvalue weighted by Gasteiger charge is 2.29. The van der Waals surface area contributed by atoms with Crippen LogP contribution in [0.4, 0.5) is 11.4 Å². The Morgan fingerprint density at radius 3 is 0.948 bits per heavy atom. The molecule has 0 spiro atoms. The molecule has 0 atom stereocenters. The van der Waals surface area contributed by atoms with E-state index in [1.807, 2.05) is 261 Å². The van der Waals surface area contributed by atoms with Crippen molar-refractivity contribution in [1.29, 1.82) is 5.26 Å². The van der Waals surface area contributed by atoms with Gasteiger partial charge < -0.3 is 9.47 Å². The van der Waals surface area contributed by atoms with Crippen LogP contribution in [0.3, 0.4) is 0 Å². The van der Waals surface area contributed by atoms with Gasteiger partial charge in [0.2, 0.25) is 0 Å². The van der Waals surface area contributed by atoms with Crippen LogP contribution in [0.5, 0.6) is 0 Å². The lowest BCUT2D eigenvalue weighted by molar-refractivity contribution is 1.04. The molecular formula is C101H65N15. The van der Waals surface area contributed by atoms with Crippen molar-refractivity contribution < 1.29 is 0 Å². The van der Waals surface area contributed by atoms with Gasteiger partial charge in [-0.1, -0.05) is 267 Å². The van der Waals surface area contributed by atoms with Crippen LogP contribution in [0.1, 0.15) is 18.1 Å². The zero-order valence-electron chi connectivity index (χ0n) is 62.6. The first kappa shape index (κ1) is 69.2. The maximum absolute atomic E-state index is 10.5. The summed E-state index contributed by atoms with van der Waals surface area (Å²) in [5.74, 6) is 6.43. The molecule has 0 N–H and O–H groups in total. The highest BCUT2D eigenvalue weighted by molar-refractivity contribution is 6.12. The van der Waals surface area contributed by atoms with E-state index in [0.29, 0.717) is 81.9 Å². The second-order valence-electron chi connectivity index (χ2n) is 28.3. The molecule has 0 radical (unpaired) electrons. The summed E-state index contributed by atoms with van der Waals surface area (Å²) in [7, 11) is 0. The summed E-state index contributed by atoms with van der Waals surface area (Å²) in [6.07, 6.45) is 2.92. The molecule has 5 aromatic heterocycles. The van der Waals surface area contributed by atoms with Gasteiger partial charge in [0.05, 0.1) is 28.4 Å². The number of nitriles is 1. The summed E-state index contributed by atoms with van der Waals surface area (Å²) < 4.78 is 2.33. The number of benzene rings is 14. The van der Waals surface area contributed by atoms with Crippen molar-refractivity contribution in [1.82, 2.24) is 64.4 Å². The fraction of sp³-hybridized carbons (Fsp3) is 0.0198. The zero-order valence-corrected chi connectivity index (χ0v) is 62.6. The van der Waals surface area contributed by atoms with Crippen LogP contribution in [-0.2, 0) is 6.42 Å². The molecule has 1 aliphatic rings. The molecule has 0 saturated carbocycles. The lowest BCUT2D eigenvalue weighted by Gasteiger charge is -2.33. The normalized spacial score (nSPS) is 11.8. The minimum absolute atomic E-state index is 0.459. The first-order valence-electron chi connectivity index (χ1n) is 38.3. The average molecular weight is 1490 g/mol. The van der Waals surface area contributed by atoms with Gasteiger partial charge in [-0.3, -0.25) is 0 Å². The molecule has 15 heteroatoms. The molecule has 0 fully saturated rings. The molecule has 116 heavy (non-hydrogen) atoms. The van der Waals surface area contributed by atoms with Gasteiger partial charge in [0, 0.05) is 100 Å². The van der Waals surface area contributed by atoms with Crippen LogP contribution in [0.25, 0.3) is 186 Å². The predicted molar refractivity (Wildman–Crippen MR) is 461 cm³/mol. The Labute approximate surface area is 668 Å². The third-order valence-electron chi connectivity index (χ3n) is 21.0. The molecule has 1 aliphatic heterocycles. The van der Waals surface area contributed by atoms with E-state index in [-0.39, 0.29) is 0 Å². The summed E-state index contributed by atoms with van der Waals surface area (Å²) >= 11 is 0. The lowest BCUT2D eigenvalue weighted by atomic mass is 9.91. The molecule has 14 aromatic carbocycles. The van der Waals surface area contributed by atoms with Crippen molar-refractivity contribution in [3.8, 4) is 171 Å². The van der Waals surface area contributed by atoms with Crippen molar-refractivity contribution in [3.05, 3.63) is 381 Å². The van der Waals surface area contributed by atoms with E-state index < -0.39 is 0 Å². The van der Waals surface area contributed by atoms with E-state index in [4.69, 9.17) is 59.8 Å². The molecule has 0 bridgehead atoms. The zero-order chi connectivity index (χ0) is 77.4. The first-order valence-corrected chi connectivity index (χ1v) is 38.3. The van der Waals surface area contributed by atoms with Crippen molar-refractivity contribution >= 4 is 33.2 Å². The monoisotopic (exact) mass is 1490 g/mol. The van der Waals surface area contributed by atoms with Crippen LogP contribution < -0.4 is 4.90 Å². The predicted octanol–water partition coefficient (Wildman–Crippen LogP) is 23.3. The average Bonchev–Trinajstić information content (AvgIpc) is 1.58. The Bertz CT molecular complexity index is 6630. The second kappa shape index (κ2) is 30.0. The number of allylic oxidation sites excluding steroid dienone is 2. The smallest absolute Gasteiger partial charge is 0.164 e. The minimum atomic E-state index is 0.459. The Morgan fingerprint density at radius 2 is 0.569 bits per heavy atom. The Morgan fingerprint density at radius 1 is 0.250 bits per heavy atom. The largest absolute Gasteiger partial charge is 0.314 e. The Balaban J connectivity index is 0.837. The summed E-state index contributed by atoms with van der Waals surface area (Å²) in [4.78, 5) is 65.3. The number of anilines is 2. The van der Waals surface area contributed by atoms with Crippen molar-refractivity contribution in [2.45, 2.75) is 13.3 Å². The maximum Gasteiger partial charge on any atom is 0.164 e. The van der Waals surface area contributed by atoms with Gasteiger partial charge in [0.25, 0.3) is 0 Å². The second-order valence-corrected chi connectivity index (χ2v) is 28.3. The number of rotatable bonds is 16. The van der Waals surface area contributed by atoms with Gasteiger partial charge in [-0.25, -0.2) is 59.8 Å². The maximum atomic E-state index is 10.5. The Kier molecular flexibility index (Phi) is 17.9. The highest BCUT2D eigenvalue weighted by Crippen LogP contribution is 2.48. The van der Waals surface area contributed by atoms with Gasteiger partial charge in [-0.05, 0) is 133 Å². The van der Waals surface area contributed by atoms with Gasteiger partial charge >= 0.3 is 0 Å². The van der Waals surface area contributed by atoms with Crippen LogP contribution in [0.2, 0.25) is 0 Å². The fourth-order valence-electron chi connectivity index (χ4n) is 15.3. The summed E-state index contributed by atoms with van der Waals surface area (Å²) in [5, 5.41) is 12.3. The van der Waals surface area contributed by atoms with Crippen LogP contribution in [0.15, 0.2) is 370 Å². The molecular weight excluding hydrogens is 1420 g/mol. The van der Waals surface area contributed by atoms with Crippen molar-refractivity contribution in [2.75, 3.05) is 4.90 Å². The summed E-state index contributed by atoms with van der Waals surface area (Å²) in [6.45, 7) is 2.17. The van der Waals surface area contributed by atoms with E-state index in [1.165, 1.54) is 0 Å². The molecule has 6 heterocycles. The van der Waals surface area contributed by atoms with Crippen LogP contribution >= 0.6 is 0 Å². The van der Waals surface area contributed by atoms with E-state index in [1.54, 1.807) is 0 Å². The summed E-state index contributed by atoms with van der Waals surface area (Å²) in [5.41, 5.74) is 20.6. The number of nitrogens with zero attached hydrogens (tertiary/aromatic N) is 15. The number of fused-ring (bicyclic) bond motifs is 4. The molecule has 0 amide bonds. The van der Waals surface area contributed by atoms with Gasteiger partial charge in [0.1, 0.15) is 0 Å². The SMILES string of the molecule is CC1=CCc2cc(-c3nc(-c4ccccc4)nc(-c4ccccc4)n3)ccc2N1c1ccc(-c2cccc(C#N)c2)cc1-c1cc(-n2c3ccc(-c4nc(-c5ccccc5)nc(-c5ccccc5)n4)cc3c3cc(-c4nc(-c5ccccc5)nc(-c5ccccc5)n4)ccc32)ccc1-c1nc(-c2ccccc2)nc(-c2ccccc2)n1. The third kappa shape index (κ3) is 13.4. The van der Waals surface area contributed by atoms with Gasteiger partial charge in [-0.15, -0.1) is 0 Å². The number of hydrogen-bond acceptors (Lipinski definition) is 14. The van der Waals surface area contributed by atoms with E-state index in [0.717, 1.165) is 139 Å². The molecule has 0 unspecified atom stereocenters. The molecule has 15 nitrogen and oxygen atoms in total. The van der Waals surface area contributed by atoms with Crippen molar-refractivity contribution in [2.24, 2.45) is 0 Å². The quantitative estimate of drug-likeness (QED) is 0.0889. The van der Waals surface area contributed by atoms with Crippen LogP contribution in [-0.4, -0.2) is 64.4 Å². The fourth-order valence-corrected chi connectivity index (χ4v) is 15.3. The number of aromatic nitrogens is 13. The van der Waals surface area contributed by atoms with E-state index in [2.05, 4.69) is 126 Å². The van der Waals surface area contributed by atoms with Crippen LogP contribution in [0, 0.1) is 11.3 Å². The Hall–Kier alpha value is -16.1. The van der Waals surface area contributed by atoms with Gasteiger partial charge in [0.15, 0.2) is 69.9 Å². The molecule has 0 saturated heterocycles. The first-order chi connectivity index (χ1) is 57.3. The van der Waals surface area contributed by atoms with Crippen molar-refractivity contribution in [3.63, 3.8) is 0 Å². The molecule has 19 aromatic rings. The van der Waals surface area contributed by atoms with E-state index >= 15 is 0 Å². The standard InChI is InChI=1S/C101H65N15/c1-64-45-46-76-58-77(98-107-90(66-28-10-2-11-29-66)103-91(108-98)67-30-12-3-13-31-67)48-53-86(76)115(64)87-54-47-75(74-44-26-27-65(57-74)63-102)59-83(87)82-62-80(51-52-81(82)101-113-96(72-40-22-8-23-41-72)106-97(114-101)73-42-24-9-25-43-73)116-88-55-49-78(99-109-92(68-32-14-4-15-33-68)104-93(110-99)69-34-16-5-17-35-69)60-84(88)85-61-79(50-56-89(85)116)100-111-94(70-36-18-6-19-37-70)105-95(112-100)71-38-20-7-21-39-71/h2-45,47-62H,46H2,1H3. The molecule has 0 aliphatic carbocycles. The molecule has 544 valence electrons. The lowest BCUT2D eigenvalue weighted by Crippen LogP contribution is -2.20. The minimum Gasteiger partial charge on any atom is -0.314 e. The topological polar surface area (TPSA) is 187 Å². The number of hydrogen-bond donors (Lipinski definition) is 0. The summed E-state index contributed by atoms with van der Waals surface area (Å²) in [6, 6.07) is 123. The van der Waals surface area contributed by atoms with E-state index in [9.17, 15) is 5.26 Å². The van der Waals surface area contributed by atoms with Gasteiger partial charge in [-0.2, -0.15) is 5.26 Å².